The van der Waals surface area contributed by atoms with Gasteiger partial charge in [-0.1, -0.05) is 26.0 Å². The number of amides is 1. The molecule has 5 nitrogen and oxygen atoms in total. The van der Waals surface area contributed by atoms with Gasteiger partial charge in [0.1, 0.15) is 0 Å². The van der Waals surface area contributed by atoms with Crippen molar-refractivity contribution in [3.63, 3.8) is 0 Å². The molecule has 2 rings (SSSR count). The third-order valence-electron chi connectivity index (χ3n) is 2.80. The van der Waals surface area contributed by atoms with Crippen LogP contribution in [-0.4, -0.2) is 22.1 Å². The highest BCUT2D eigenvalue weighted by Crippen LogP contribution is 2.20. The zero-order valence-corrected chi connectivity index (χ0v) is 10.6. The molecule has 0 saturated carbocycles. The second-order valence-corrected chi connectivity index (χ2v) is 4.87. The van der Waals surface area contributed by atoms with Crippen LogP contribution < -0.4 is 11.1 Å². The lowest BCUT2D eigenvalue weighted by Crippen LogP contribution is -2.36. The maximum absolute atomic E-state index is 11.9. The summed E-state index contributed by atoms with van der Waals surface area (Å²) < 4.78 is 0. The normalized spacial score (nSPS) is 12.9. The van der Waals surface area contributed by atoms with Crippen LogP contribution in [0, 0.1) is 5.92 Å². The number of para-hydroxylation sites is 1. The van der Waals surface area contributed by atoms with Crippen LogP contribution in [-0.2, 0) is 4.79 Å². The highest BCUT2D eigenvalue weighted by molar-refractivity contribution is 6.02. The van der Waals surface area contributed by atoms with E-state index in [0.717, 1.165) is 10.9 Å². The predicted molar refractivity (Wildman–Crippen MR) is 72.2 cm³/mol. The minimum atomic E-state index is -0.483. The molecule has 2 aromatic rings. The van der Waals surface area contributed by atoms with Crippen molar-refractivity contribution in [2.75, 3.05) is 5.32 Å². The number of aromatic amines is 1. The van der Waals surface area contributed by atoms with E-state index in [1.54, 1.807) is 6.20 Å². The lowest BCUT2D eigenvalue weighted by molar-refractivity contribution is -0.117. The Morgan fingerprint density at radius 1 is 1.50 bits per heavy atom. The van der Waals surface area contributed by atoms with Crippen molar-refractivity contribution in [2.24, 2.45) is 11.7 Å². The van der Waals surface area contributed by atoms with E-state index in [2.05, 4.69) is 15.5 Å². The van der Waals surface area contributed by atoms with Crippen LogP contribution in [0.2, 0.25) is 0 Å². The molecule has 0 aliphatic heterocycles. The molecule has 1 unspecified atom stereocenters. The molecule has 0 radical (unpaired) electrons. The zero-order chi connectivity index (χ0) is 13.1. The van der Waals surface area contributed by atoms with E-state index in [9.17, 15) is 4.79 Å². The summed E-state index contributed by atoms with van der Waals surface area (Å²) >= 11 is 0. The minimum Gasteiger partial charge on any atom is -0.323 e. The van der Waals surface area contributed by atoms with Gasteiger partial charge in [0.25, 0.3) is 0 Å². The second-order valence-electron chi connectivity index (χ2n) is 4.87. The van der Waals surface area contributed by atoms with Crippen molar-refractivity contribution < 1.29 is 4.79 Å². The van der Waals surface area contributed by atoms with Crippen LogP contribution in [0.5, 0.6) is 0 Å². The van der Waals surface area contributed by atoms with Crippen molar-refractivity contribution in [3.05, 3.63) is 24.4 Å². The number of aromatic nitrogens is 2. The summed E-state index contributed by atoms with van der Waals surface area (Å²) in [6, 6.07) is 5.16. The maximum atomic E-state index is 11.9. The number of hydrogen-bond acceptors (Lipinski definition) is 3. The summed E-state index contributed by atoms with van der Waals surface area (Å²) in [5.74, 6) is 0.236. The highest BCUT2D eigenvalue weighted by Gasteiger charge is 2.16. The van der Waals surface area contributed by atoms with Crippen molar-refractivity contribution >= 4 is 22.5 Å². The molecule has 4 N–H and O–H groups in total. The molecule has 5 heteroatoms. The van der Waals surface area contributed by atoms with Crippen molar-refractivity contribution in [3.8, 4) is 0 Å². The molecule has 1 amide bonds. The molecule has 0 bridgehead atoms. The molecular formula is C13H18N4O. The molecule has 1 aromatic heterocycles. The first kappa shape index (κ1) is 12.6. The maximum Gasteiger partial charge on any atom is 0.241 e. The topological polar surface area (TPSA) is 83.8 Å². The number of carbonyl (C=O) groups excluding carboxylic acids is 1. The molecular weight excluding hydrogens is 228 g/mol. The van der Waals surface area contributed by atoms with Crippen LogP contribution in [0.4, 0.5) is 5.69 Å². The highest BCUT2D eigenvalue weighted by atomic mass is 16.2. The van der Waals surface area contributed by atoms with Gasteiger partial charge in [0.2, 0.25) is 5.91 Å². The lowest BCUT2D eigenvalue weighted by Gasteiger charge is -2.14. The molecule has 0 aliphatic rings. The summed E-state index contributed by atoms with van der Waals surface area (Å²) in [4.78, 5) is 11.9. The van der Waals surface area contributed by atoms with Gasteiger partial charge in [0.15, 0.2) is 0 Å². The van der Waals surface area contributed by atoms with Crippen LogP contribution in [0.15, 0.2) is 24.4 Å². The molecule has 96 valence electrons. The molecule has 1 atom stereocenters. The number of rotatable bonds is 4. The Hall–Kier alpha value is -1.88. The van der Waals surface area contributed by atoms with E-state index in [-0.39, 0.29) is 5.91 Å². The summed E-state index contributed by atoms with van der Waals surface area (Å²) in [5, 5.41) is 10.6. The Morgan fingerprint density at radius 3 is 3.00 bits per heavy atom. The summed E-state index contributed by atoms with van der Waals surface area (Å²) in [5.41, 5.74) is 7.39. The summed E-state index contributed by atoms with van der Waals surface area (Å²) in [6.07, 6.45) is 2.39. The van der Waals surface area contributed by atoms with Gasteiger partial charge in [-0.3, -0.25) is 9.89 Å². The zero-order valence-electron chi connectivity index (χ0n) is 10.6. The Kier molecular flexibility index (Phi) is 3.62. The first-order chi connectivity index (χ1) is 8.58. The van der Waals surface area contributed by atoms with Gasteiger partial charge in [-0.25, -0.2) is 0 Å². The fourth-order valence-corrected chi connectivity index (χ4v) is 1.91. The summed E-state index contributed by atoms with van der Waals surface area (Å²) in [6.45, 7) is 4.09. The Bertz CT molecular complexity index is 547. The van der Waals surface area contributed by atoms with Crippen molar-refractivity contribution in [1.29, 1.82) is 0 Å². The summed E-state index contributed by atoms with van der Waals surface area (Å²) in [7, 11) is 0. The van der Waals surface area contributed by atoms with Gasteiger partial charge in [0, 0.05) is 5.39 Å². The van der Waals surface area contributed by atoms with Gasteiger partial charge in [-0.05, 0) is 18.4 Å². The fourth-order valence-electron chi connectivity index (χ4n) is 1.91. The molecule has 1 aromatic carbocycles. The van der Waals surface area contributed by atoms with E-state index in [0.29, 0.717) is 18.0 Å². The van der Waals surface area contributed by atoms with E-state index in [4.69, 9.17) is 5.73 Å². The SMILES string of the molecule is CC(C)CC(N)C(=O)Nc1cccc2cn[nH]c12. The van der Waals surface area contributed by atoms with Gasteiger partial charge >= 0.3 is 0 Å². The Morgan fingerprint density at radius 2 is 2.28 bits per heavy atom. The number of benzene rings is 1. The molecule has 1 heterocycles. The van der Waals surface area contributed by atoms with E-state index >= 15 is 0 Å². The number of nitrogens with one attached hydrogen (secondary N) is 2. The monoisotopic (exact) mass is 246 g/mol. The molecule has 0 aliphatic carbocycles. The third kappa shape index (κ3) is 2.68. The third-order valence-corrected chi connectivity index (χ3v) is 2.80. The van der Waals surface area contributed by atoms with Gasteiger partial charge in [-0.2, -0.15) is 5.10 Å². The van der Waals surface area contributed by atoms with E-state index in [1.165, 1.54) is 0 Å². The van der Waals surface area contributed by atoms with Gasteiger partial charge < -0.3 is 11.1 Å². The second kappa shape index (κ2) is 5.18. The largest absolute Gasteiger partial charge is 0.323 e. The number of fused-ring (bicyclic) bond motifs is 1. The van der Waals surface area contributed by atoms with E-state index in [1.807, 2.05) is 32.0 Å². The van der Waals surface area contributed by atoms with Gasteiger partial charge in [-0.15, -0.1) is 0 Å². The quantitative estimate of drug-likeness (QED) is 0.770. The molecule has 0 saturated heterocycles. The van der Waals surface area contributed by atoms with Crippen LogP contribution in [0.1, 0.15) is 20.3 Å². The number of nitrogens with two attached hydrogens (primary N) is 1. The number of anilines is 1. The van der Waals surface area contributed by atoms with Crippen LogP contribution >= 0.6 is 0 Å². The number of hydrogen-bond donors (Lipinski definition) is 3. The van der Waals surface area contributed by atoms with Crippen LogP contribution in [0.3, 0.4) is 0 Å². The van der Waals surface area contributed by atoms with E-state index < -0.39 is 6.04 Å². The minimum absolute atomic E-state index is 0.161. The number of carbonyl (C=O) groups is 1. The number of H-pyrrole nitrogens is 1. The standard InChI is InChI=1S/C13H18N4O/c1-8(2)6-10(14)13(18)16-11-5-3-4-9-7-15-17-12(9)11/h3-5,7-8,10H,6,14H2,1-2H3,(H,15,17)(H,16,18). The molecule has 0 fully saturated rings. The average Bonchev–Trinajstić information content (AvgIpc) is 2.77. The number of nitrogens with zero attached hydrogens (tertiary/aromatic N) is 1. The Balaban J connectivity index is 2.14. The predicted octanol–water partition coefficient (Wildman–Crippen LogP) is 1.87. The average molecular weight is 246 g/mol. The first-order valence-corrected chi connectivity index (χ1v) is 6.06. The van der Waals surface area contributed by atoms with Crippen molar-refractivity contribution in [1.82, 2.24) is 10.2 Å². The lowest BCUT2D eigenvalue weighted by atomic mass is 10.0. The molecule has 18 heavy (non-hydrogen) atoms. The molecule has 0 spiro atoms. The smallest absolute Gasteiger partial charge is 0.241 e. The Labute approximate surface area is 106 Å². The first-order valence-electron chi connectivity index (χ1n) is 6.06. The van der Waals surface area contributed by atoms with Crippen molar-refractivity contribution in [2.45, 2.75) is 26.3 Å². The van der Waals surface area contributed by atoms with Crippen LogP contribution in [0.25, 0.3) is 10.9 Å². The van der Waals surface area contributed by atoms with Gasteiger partial charge in [0.05, 0.1) is 23.4 Å². The fraction of sp³-hybridized carbons (Fsp3) is 0.385.